The van der Waals surface area contributed by atoms with Gasteiger partial charge >= 0.3 is 0 Å². The Labute approximate surface area is 121 Å². The van der Waals surface area contributed by atoms with E-state index < -0.39 is 0 Å². The maximum Gasteiger partial charge on any atom is 0.106 e. The summed E-state index contributed by atoms with van der Waals surface area (Å²) in [5.74, 6) is 5.73. The van der Waals surface area contributed by atoms with Crippen molar-refractivity contribution in [3.8, 4) is 0 Å². The first kappa shape index (κ1) is 14.2. The highest BCUT2D eigenvalue weighted by Crippen LogP contribution is 2.29. The summed E-state index contributed by atoms with van der Waals surface area (Å²) >= 11 is 3.54. The Kier molecular flexibility index (Phi) is 4.34. The summed E-state index contributed by atoms with van der Waals surface area (Å²) in [6, 6.07) is 4.04. The van der Waals surface area contributed by atoms with Crippen molar-refractivity contribution in [2.45, 2.75) is 32.9 Å². The van der Waals surface area contributed by atoms with Crippen molar-refractivity contribution >= 4 is 15.9 Å². The Morgan fingerprint density at radius 1 is 1.42 bits per heavy atom. The van der Waals surface area contributed by atoms with Gasteiger partial charge in [0.05, 0.1) is 22.1 Å². The minimum absolute atomic E-state index is 0.195. The zero-order chi connectivity index (χ0) is 14.0. The van der Waals surface area contributed by atoms with Gasteiger partial charge in [-0.3, -0.25) is 15.5 Å². The van der Waals surface area contributed by atoms with E-state index in [0.717, 1.165) is 21.4 Å². The summed E-state index contributed by atoms with van der Waals surface area (Å²) < 4.78 is 2.87. The predicted octanol–water partition coefficient (Wildman–Crippen LogP) is 2.48. The third-order valence-corrected chi connectivity index (χ3v) is 3.56. The second kappa shape index (κ2) is 5.81. The standard InChI is InChI=1S/C13H18BrN5/c1-8(2)19-13(10(14)7-17-19)12(18-15)11-6-9(3)4-5-16-11/h4-8,12,18H,15H2,1-3H3. The number of aryl methyl sites for hydroxylation is 1. The molecule has 0 saturated heterocycles. The smallest absolute Gasteiger partial charge is 0.106 e. The molecule has 5 nitrogen and oxygen atoms in total. The Bertz CT molecular complexity index is 564. The van der Waals surface area contributed by atoms with E-state index in [1.165, 1.54) is 0 Å². The summed E-state index contributed by atoms with van der Waals surface area (Å²) in [6.45, 7) is 6.20. The number of halogens is 1. The van der Waals surface area contributed by atoms with Crippen molar-refractivity contribution in [1.29, 1.82) is 0 Å². The molecule has 0 saturated carbocycles. The first-order valence-corrected chi connectivity index (χ1v) is 6.95. The van der Waals surface area contributed by atoms with E-state index in [2.05, 4.69) is 45.3 Å². The molecule has 0 amide bonds. The lowest BCUT2D eigenvalue weighted by atomic mass is 10.1. The number of hydrazine groups is 1. The Hall–Kier alpha value is -1.24. The van der Waals surface area contributed by atoms with Gasteiger partial charge in [-0.2, -0.15) is 5.10 Å². The van der Waals surface area contributed by atoms with Crippen LogP contribution in [0.5, 0.6) is 0 Å². The lowest BCUT2D eigenvalue weighted by Crippen LogP contribution is -2.32. The zero-order valence-corrected chi connectivity index (χ0v) is 12.8. The average molecular weight is 324 g/mol. The fourth-order valence-electron chi connectivity index (χ4n) is 2.05. The van der Waals surface area contributed by atoms with Crippen LogP contribution in [0.1, 0.15) is 42.9 Å². The summed E-state index contributed by atoms with van der Waals surface area (Å²) in [7, 11) is 0. The molecule has 0 radical (unpaired) electrons. The molecule has 2 heterocycles. The molecule has 102 valence electrons. The van der Waals surface area contributed by atoms with Crippen molar-refractivity contribution in [2.75, 3.05) is 0 Å². The molecule has 0 spiro atoms. The van der Waals surface area contributed by atoms with Gasteiger partial charge in [-0.1, -0.05) is 0 Å². The fraction of sp³-hybridized carbons (Fsp3) is 0.385. The van der Waals surface area contributed by atoms with Gasteiger partial charge < -0.3 is 0 Å². The Morgan fingerprint density at radius 3 is 2.74 bits per heavy atom. The minimum Gasteiger partial charge on any atom is -0.270 e. The highest BCUT2D eigenvalue weighted by atomic mass is 79.9. The lowest BCUT2D eigenvalue weighted by Gasteiger charge is -2.20. The van der Waals surface area contributed by atoms with Crippen molar-refractivity contribution < 1.29 is 0 Å². The molecule has 1 unspecified atom stereocenters. The molecule has 0 aliphatic heterocycles. The molecule has 3 N–H and O–H groups in total. The van der Waals surface area contributed by atoms with Crippen LogP contribution in [-0.4, -0.2) is 14.8 Å². The van der Waals surface area contributed by atoms with Crippen LogP contribution in [0, 0.1) is 6.92 Å². The van der Waals surface area contributed by atoms with Crippen LogP contribution < -0.4 is 11.3 Å². The van der Waals surface area contributed by atoms with Gasteiger partial charge in [-0.15, -0.1) is 0 Å². The van der Waals surface area contributed by atoms with Crippen LogP contribution >= 0.6 is 15.9 Å². The van der Waals surface area contributed by atoms with Crippen LogP contribution in [0.2, 0.25) is 0 Å². The molecular weight excluding hydrogens is 306 g/mol. The minimum atomic E-state index is -0.195. The van der Waals surface area contributed by atoms with Crippen LogP contribution in [0.4, 0.5) is 0 Å². The Morgan fingerprint density at radius 2 is 2.16 bits per heavy atom. The number of nitrogens with one attached hydrogen (secondary N) is 1. The van der Waals surface area contributed by atoms with Gasteiger partial charge in [0.2, 0.25) is 0 Å². The van der Waals surface area contributed by atoms with Crippen molar-refractivity contribution in [1.82, 2.24) is 20.2 Å². The molecule has 2 aromatic heterocycles. The first-order valence-electron chi connectivity index (χ1n) is 6.16. The second-order valence-electron chi connectivity index (χ2n) is 4.77. The molecule has 0 aliphatic rings. The fourth-order valence-corrected chi connectivity index (χ4v) is 2.56. The molecule has 0 aromatic carbocycles. The second-order valence-corrected chi connectivity index (χ2v) is 5.63. The lowest BCUT2D eigenvalue weighted by molar-refractivity contribution is 0.471. The first-order chi connectivity index (χ1) is 9.04. The van der Waals surface area contributed by atoms with Crippen LogP contribution in [0.15, 0.2) is 29.0 Å². The monoisotopic (exact) mass is 323 g/mol. The molecular formula is C13H18BrN5. The summed E-state index contributed by atoms with van der Waals surface area (Å²) in [5, 5.41) is 4.38. The number of nitrogens with zero attached hydrogens (tertiary/aromatic N) is 3. The average Bonchev–Trinajstić information content (AvgIpc) is 2.73. The third kappa shape index (κ3) is 2.86. The van der Waals surface area contributed by atoms with Crippen LogP contribution in [0.3, 0.4) is 0 Å². The number of rotatable bonds is 4. The zero-order valence-electron chi connectivity index (χ0n) is 11.3. The van der Waals surface area contributed by atoms with Crippen molar-refractivity contribution in [3.05, 3.63) is 46.0 Å². The van der Waals surface area contributed by atoms with Crippen molar-refractivity contribution in [2.24, 2.45) is 5.84 Å². The number of pyridine rings is 1. The molecule has 2 rings (SSSR count). The molecule has 19 heavy (non-hydrogen) atoms. The summed E-state index contributed by atoms with van der Waals surface area (Å²) in [4.78, 5) is 4.40. The quantitative estimate of drug-likeness (QED) is 0.670. The Balaban J connectivity index is 2.51. The largest absolute Gasteiger partial charge is 0.270 e. The van der Waals surface area contributed by atoms with Gasteiger partial charge in [0, 0.05) is 12.2 Å². The van der Waals surface area contributed by atoms with Gasteiger partial charge in [-0.05, 0) is 54.4 Å². The molecule has 6 heteroatoms. The SMILES string of the molecule is Cc1ccnc(C(NN)c2c(Br)cnn2C(C)C)c1. The number of aromatic nitrogens is 3. The van der Waals surface area contributed by atoms with E-state index in [9.17, 15) is 0 Å². The van der Waals surface area contributed by atoms with E-state index >= 15 is 0 Å². The normalized spacial score (nSPS) is 12.9. The predicted molar refractivity (Wildman–Crippen MR) is 78.5 cm³/mol. The van der Waals surface area contributed by atoms with Crippen LogP contribution in [-0.2, 0) is 0 Å². The summed E-state index contributed by atoms with van der Waals surface area (Å²) in [5.41, 5.74) is 5.84. The maximum atomic E-state index is 5.73. The number of hydrogen-bond donors (Lipinski definition) is 2. The molecule has 0 aliphatic carbocycles. The van der Waals surface area contributed by atoms with E-state index in [1.54, 1.807) is 12.4 Å². The van der Waals surface area contributed by atoms with Crippen molar-refractivity contribution in [3.63, 3.8) is 0 Å². The van der Waals surface area contributed by atoms with Gasteiger partial charge in [0.1, 0.15) is 6.04 Å². The van der Waals surface area contributed by atoms with Gasteiger partial charge in [0.25, 0.3) is 0 Å². The molecule has 0 fully saturated rings. The van der Waals surface area contributed by atoms with E-state index in [1.807, 2.05) is 23.7 Å². The molecule has 1 atom stereocenters. The highest BCUT2D eigenvalue weighted by molar-refractivity contribution is 9.10. The summed E-state index contributed by atoms with van der Waals surface area (Å²) in [6.07, 6.45) is 3.58. The van der Waals surface area contributed by atoms with Gasteiger partial charge in [0.15, 0.2) is 0 Å². The van der Waals surface area contributed by atoms with E-state index in [-0.39, 0.29) is 12.1 Å². The van der Waals surface area contributed by atoms with Gasteiger partial charge in [-0.25, -0.2) is 5.43 Å². The maximum absolute atomic E-state index is 5.73. The highest BCUT2D eigenvalue weighted by Gasteiger charge is 2.23. The van der Waals surface area contributed by atoms with E-state index in [0.29, 0.717) is 0 Å². The molecule has 2 aromatic rings. The number of nitrogens with two attached hydrogens (primary N) is 1. The molecule has 0 bridgehead atoms. The third-order valence-electron chi connectivity index (χ3n) is 2.95. The number of hydrogen-bond acceptors (Lipinski definition) is 4. The van der Waals surface area contributed by atoms with E-state index in [4.69, 9.17) is 5.84 Å². The van der Waals surface area contributed by atoms with Crippen LogP contribution in [0.25, 0.3) is 0 Å². The topological polar surface area (TPSA) is 68.8 Å².